The van der Waals surface area contributed by atoms with Gasteiger partial charge >= 0.3 is 0 Å². The van der Waals surface area contributed by atoms with Gasteiger partial charge in [0.1, 0.15) is 0 Å². The summed E-state index contributed by atoms with van der Waals surface area (Å²) in [5.41, 5.74) is -0.173. The highest BCUT2D eigenvalue weighted by Gasteiger charge is 2.29. The molecule has 1 rings (SSSR count). The number of morpholine rings is 1. The van der Waals surface area contributed by atoms with E-state index in [1.54, 1.807) is 0 Å². The van der Waals surface area contributed by atoms with E-state index < -0.39 is 0 Å². The van der Waals surface area contributed by atoms with Crippen LogP contribution in [0.25, 0.3) is 0 Å². The van der Waals surface area contributed by atoms with Crippen LogP contribution in [0.15, 0.2) is 0 Å². The number of aliphatic hydroxyl groups excluding tert-OH is 1. The van der Waals surface area contributed by atoms with Crippen molar-refractivity contribution in [2.45, 2.75) is 51.8 Å². The molecule has 1 aliphatic rings. The third kappa shape index (κ3) is 4.23. The molecule has 5 heteroatoms. The van der Waals surface area contributed by atoms with Crippen LogP contribution in [0.4, 0.5) is 0 Å². The van der Waals surface area contributed by atoms with E-state index in [-0.39, 0.29) is 30.2 Å². The van der Waals surface area contributed by atoms with Crippen LogP contribution in [-0.4, -0.2) is 59.9 Å². The molecule has 0 spiro atoms. The Bertz CT molecular complexity index is 281. The number of hydrogen-bond acceptors (Lipinski definition) is 4. The van der Waals surface area contributed by atoms with Gasteiger partial charge in [0.25, 0.3) is 0 Å². The molecule has 2 N–H and O–H groups in total. The van der Waals surface area contributed by atoms with Crippen molar-refractivity contribution in [3.63, 3.8) is 0 Å². The standard InChI is InChI=1S/C13H26N2O3/c1-5-13(3,4)14-12(17)10(2)15-6-7-18-11(8-15)9-16/h10-11,16H,5-9H2,1-4H3,(H,14,17). The van der Waals surface area contributed by atoms with Crippen LogP contribution >= 0.6 is 0 Å². The van der Waals surface area contributed by atoms with Gasteiger partial charge in [0.2, 0.25) is 5.91 Å². The van der Waals surface area contributed by atoms with Gasteiger partial charge in [-0.3, -0.25) is 9.69 Å². The maximum absolute atomic E-state index is 12.2. The Morgan fingerprint density at radius 3 is 2.83 bits per heavy atom. The Balaban J connectivity index is 2.52. The molecule has 18 heavy (non-hydrogen) atoms. The molecule has 0 bridgehead atoms. The molecule has 1 fully saturated rings. The molecule has 1 saturated heterocycles. The predicted octanol–water partition coefficient (Wildman–Crippen LogP) is 0.373. The van der Waals surface area contributed by atoms with Crippen LogP contribution in [0, 0.1) is 0 Å². The average molecular weight is 258 g/mol. The Morgan fingerprint density at radius 1 is 1.61 bits per heavy atom. The molecule has 0 aromatic heterocycles. The molecule has 0 saturated carbocycles. The van der Waals surface area contributed by atoms with Crippen molar-refractivity contribution in [3.05, 3.63) is 0 Å². The van der Waals surface area contributed by atoms with Crippen LogP contribution in [0.5, 0.6) is 0 Å². The van der Waals surface area contributed by atoms with Crippen LogP contribution < -0.4 is 5.32 Å². The summed E-state index contributed by atoms with van der Waals surface area (Å²) in [6, 6.07) is -0.186. The minimum absolute atomic E-state index is 0.00525. The smallest absolute Gasteiger partial charge is 0.237 e. The lowest BCUT2D eigenvalue weighted by Gasteiger charge is -2.37. The van der Waals surface area contributed by atoms with E-state index in [9.17, 15) is 4.79 Å². The first kappa shape index (κ1) is 15.4. The normalized spacial score (nSPS) is 23.7. The van der Waals surface area contributed by atoms with Crippen molar-refractivity contribution < 1.29 is 14.6 Å². The van der Waals surface area contributed by atoms with Crippen LogP contribution in [-0.2, 0) is 9.53 Å². The molecule has 0 aliphatic carbocycles. The number of ether oxygens (including phenoxy) is 1. The zero-order valence-corrected chi connectivity index (χ0v) is 11.9. The first-order valence-corrected chi connectivity index (χ1v) is 6.68. The van der Waals surface area contributed by atoms with Gasteiger partial charge in [-0.1, -0.05) is 6.92 Å². The van der Waals surface area contributed by atoms with Crippen molar-refractivity contribution >= 4 is 5.91 Å². The summed E-state index contributed by atoms with van der Waals surface area (Å²) in [6.45, 7) is 9.92. The predicted molar refractivity (Wildman–Crippen MR) is 70.4 cm³/mol. The number of nitrogens with one attached hydrogen (secondary N) is 1. The van der Waals surface area contributed by atoms with Gasteiger partial charge in [-0.15, -0.1) is 0 Å². The quantitative estimate of drug-likeness (QED) is 0.748. The molecule has 2 unspecified atom stereocenters. The summed E-state index contributed by atoms with van der Waals surface area (Å²) in [6.07, 6.45) is 0.724. The largest absolute Gasteiger partial charge is 0.394 e. The maximum atomic E-state index is 12.2. The Hall–Kier alpha value is -0.650. The minimum atomic E-state index is -0.186. The number of aliphatic hydroxyl groups is 1. The molecule has 1 amide bonds. The lowest BCUT2D eigenvalue weighted by Crippen LogP contribution is -2.56. The summed E-state index contributed by atoms with van der Waals surface area (Å²) < 4.78 is 5.39. The van der Waals surface area contributed by atoms with Crippen LogP contribution in [0.1, 0.15) is 34.1 Å². The molecule has 1 heterocycles. The van der Waals surface area contributed by atoms with Crippen molar-refractivity contribution in [2.75, 3.05) is 26.3 Å². The molecular formula is C13H26N2O3. The molecule has 5 nitrogen and oxygen atoms in total. The van der Waals surface area contributed by atoms with Gasteiger partial charge in [-0.2, -0.15) is 0 Å². The summed E-state index contributed by atoms with van der Waals surface area (Å²) >= 11 is 0. The second-order valence-electron chi connectivity index (χ2n) is 5.57. The lowest BCUT2D eigenvalue weighted by molar-refractivity contribution is -0.131. The summed E-state index contributed by atoms with van der Waals surface area (Å²) in [7, 11) is 0. The zero-order chi connectivity index (χ0) is 13.8. The lowest BCUT2D eigenvalue weighted by atomic mass is 10.0. The number of hydrogen-bond donors (Lipinski definition) is 2. The second-order valence-corrected chi connectivity index (χ2v) is 5.57. The SMILES string of the molecule is CCC(C)(C)NC(=O)C(C)N1CCOC(CO)C1. The van der Waals surface area contributed by atoms with Crippen LogP contribution in [0.2, 0.25) is 0 Å². The summed E-state index contributed by atoms with van der Waals surface area (Å²) in [5.74, 6) is 0.0421. The van der Waals surface area contributed by atoms with Gasteiger partial charge in [0.15, 0.2) is 0 Å². The van der Waals surface area contributed by atoms with E-state index in [1.807, 2.05) is 20.8 Å². The molecule has 106 valence electrons. The average Bonchev–Trinajstić information content (AvgIpc) is 2.37. The first-order valence-electron chi connectivity index (χ1n) is 6.68. The van der Waals surface area contributed by atoms with E-state index in [2.05, 4.69) is 17.1 Å². The highest BCUT2D eigenvalue weighted by molar-refractivity contribution is 5.82. The second kappa shape index (κ2) is 6.50. The van der Waals surface area contributed by atoms with E-state index in [1.165, 1.54) is 0 Å². The number of amides is 1. The van der Waals surface area contributed by atoms with Gasteiger partial charge in [0.05, 0.1) is 25.4 Å². The molecule has 0 radical (unpaired) electrons. The van der Waals surface area contributed by atoms with Crippen molar-refractivity contribution in [1.29, 1.82) is 0 Å². The molecular weight excluding hydrogens is 232 g/mol. The third-order valence-electron chi connectivity index (χ3n) is 3.65. The Morgan fingerprint density at radius 2 is 2.28 bits per heavy atom. The minimum Gasteiger partial charge on any atom is -0.394 e. The van der Waals surface area contributed by atoms with Crippen LogP contribution in [0.3, 0.4) is 0 Å². The number of carbonyl (C=O) groups excluding carboxylic acids is 1. The first-order chi connectivity index (χ1) is 8.39. The maximum Gasteiger partial charge on any atom is 0.237 e. The molecule has 0 aromatic carbocycles. The number of nitrogens with zero attached hydrogens (tertiary/aromatic N) is 1. The fraction of sp³-hybridized carbons (Fsp3) is 0.923. The number of carbonyl (C=O) groups is 1. The van der Waals surface area contributed by atoms with E-state index in [0.717, 1.165) is 13.0 Å². The molecule has 1 aliphatic heterocycles. The Labute approximate surface area is 109 Å². The van der Waals surface area contributed by atoms with Gasteiger partial charge < -0.3 is 15.2 Å². The topological polar surface area (TPSA) is 61.8 Å². The zero-order valence-electron chi connectivity index (χ0n) is 11.9. The van der Waals surface area contributed by atoms with E-state index >= 15 is 0 Å². The van der Waals surface area contributed by atoms with Crippen molar-refractivity contribution in [2.24, 2.45) is 0 Å². The fourth-order valence-electron chi connectivity index (χ4n) is 1.90. The fourth-order valence-corrected chi connectivity index (χ4v) is 1.90. The van der Waals surface area contributed by atoms with E-state index in [4.69, 9.17) is 9.84 Å². The van der Waals surface area contributed by atoms with Gasteiger partial charge in [-0.25, -0.2) is 0 Å². The van der Waals surface area contributed by atoms with Gasteiger partial charge in [0, 0.05) is 18.6 Å². The Kier molecular flexibility index (Phi) is 5.56. The molecule has 0 aromatic rings. The van der Waals surface area contributed by atoms with Gasteiger partial charge in [-0.05, 0) is 27.2 Å². The summed E-state index contributed by atoms with van der Waals surface area (Å²) in [5, 5.41) is 12.2. The van der Waals surface area contributed by atoms with Crippen molar-refractivity contribution in [1.82, 2.24) is 10.2 Å². The highest BCUT2D eigenvalue weighted by Crippen LogP contribution is 2.12. The monoisotopic (exact) mass is 258 g/mol. The number of rotatable bonds is 5. The van der Waals surface area contributed by atoms with Crippen molar-refractivity contribution in [3.8, 4) is 0 Å². The third-order valence-corrected chi connectivity index (χ3v) is 3.65. The highest BCUT2D eigenvalue weighted by atomic mass is 16.5. The molecule has 2 atom stereocenters. The summed E-state index contributed by atoms with van der Waals surface area (Å²) in [4.78, 5) is 14.2. The van der Waals surface area contributed by atoms with E-state index in [0.29, 0.717) is 13.2 Å².